The average molecular weight is 264 g/mol. The number of carbonyl (C=O) groups excluding carboxylic acids is 1. The Balaban J connectivity index is 2.41. The number of nitrogens with zero attached hydrogens (tertiary/aromatic N) is 1. The van der Waals surface area contributed by atoms with Crippen LogP contribution in [0.15, 0.2) is 42.6 Å². The number of hydrogen-bond acceptors (Lipinski definition) is 4. The van der Waals surface area contributed by atoms with E-state index in [1.54, 1.807) is 12.1 Å². The topological polar surface area (TPSA) is 65.2 Å². The van der Waals surface area contributed by atoms with Crippen LogP contribution in [0.4, 0.5) is 14.5 Å². The van der Waals surface area contributed by atoms with E-state index in [0.717, 1.165) is 0 Å². The molecule has 0 aliphatic carbocycles. The Kier molecular flexibility index (Phi) is 3.70. The molecule has 0 radical (unpaired) electrons. The molecule has 0 spiro atoms. The zero-order valence-corrected chi connectivity index (χ0v) is 9.72. The van der Waals surface area contributed by atoms with Gasteiger partial charge in [-0.15, -0.1) is 0 Å². The first-order valence-electron chi connectivity index (χ1n) is 5.38. The van der Waals surface area contributed by atoms with E-state index in [-0.39, 0.29) is 22.7 Å². The molecular formula is C13H10F2N2O2. The van der Waals surface area contributed by atoms with Gasteiger partial charge in [0.2, 0.25) is 5.78 Å². The minimum absolute atomic E-state index is 0.00630. The molecule has 2 N–H and O–H groups in total. The summed E-state index contributed by atoms with van der Waals surface area (Å²) >= 11 is 0. The van der Waals surface area contributed by atoms with Crippen LogP contribution in [0, 0.1) is 0 Å². The Morgan fingerprint density at radius 3 is 2.68 bits per heavy atom. The van der Waals surface area contributed by atoms with Crippen molar-refractivity contribution < 1.29 is 18.3 Å². The molecule has 0 saturated heterocycles. The number of rotatable bonds is 4. The molecule has 2 aromatic rings. The molecule has 0 fully saturated rings. The zero-order valence-electron chi connectivity index (χ0n) is 9.72. The van der Waals surface area contributed by atoms with E-state index in [4.69, 9.17) is 5.73 Å². The maximum atomic E-state index is 12.3. The maximum Gasteiger partial charge on any atom is 0.387 e. The Hall–Kier alpha value is -2.50. The molecule has 1 heterocycles. The first-order chi connectivity index (χ1) is 9.08. The second kappa shape index (κ2) is 5.43. The highest BCUT2D eigenvalue weighted by Crippen LogP contribution is 2.25. The fraction of sp³-hybridized carbons (Fsp3) is 0.0769. The number of halogens is 2. The Bertz CT molecular complexity index is 588. The van der Waals surface area contributed by atoms with Gasteiger partial charge in [0.25, 0.3) is 0 Å². The number of ether oxygens (including phenoxy) is 1. The van der Waals surface area contributed by atoms with Crippen molar-refractivity contribution in [2.45, 2.75) is 6.61 Å². The number of pyridine rings is 1. The summed E-state index contributed by atoms with van der Waals surface area (Å²) in [5.41, 5.74) is 5.86. The minimum atomic E-state index is -3.03. The lowest BCUT2D eigenvalue weighted by Crippen LogP contribution is -2.10. The zero-order chi connectivity index (χ0) is 13.8. The summed E-state index contributed by atoms with van der Waals surface area (Å²) < 4.78 is 28.9. The van der Waals surface area contributed by atoms with Crippen molar-refractivity contribution >= 4 is 11.5 Å². The SMILES string of the molecule is Nc1ccc(C(=O)c2ccccn2)c(OC(F)F)c1. The number of aromatic nitrogens is 1. The third kappa shape index (κ3) is 3.04. The summed E-state index contributed by atoms with van der Waals surface area (Å²) in [6.07, 6.45) is 1.44. The Morgan fingerprint density at radius 1 is 1.26 bits per heavy atom. The summed E-state index contributed by atoms with van der Waals surface area (Å²) in [5, 5.41) is 0. The number of alkyl halides is 2. The van der Waals surface area contributed by atoms with Crippen molar-refractivity contribution in [2.75, 3.05) is 5.73 Å². The van der Waals surface area contributed by atoms with Crippen LogP contribution >= 0.6 is 0 Å². The summed E-state index contributed by atoms with van der Waals surface area (Å²) in [5.74, 6) is -0.762. The first-order valence-corrected chi connectivity index (χ1v) is 5.38. The lowest BCUT2D eigenvalue weighted by atomic mass is 10.1. The van der Waals surface area contributed by atoms with E-state index in [1.165, 1.54) is 30.5 Å². The highest BCUT2D eigenvalue weighted by atomic mass is 19.3. The van der Waals surface area contributed by atoms with E-state index in [1.807, 2.05) is 0 Å². The summed E-state index contributed by atoms with van der Waals surface area (Å²) in [7, 11) is 0. The van der Waals surface area contributed by atoms with Gasteiger partial charge < -0.3 is 10.5 Å². The quantitative estimate of drug-likeness (QED) is 0.680. The molecule has 1 aromatic heterocycles. The Labute approximate surface area is 107 Å². The van der Waals surface area contributed by atoms with Gasteiger partial charge in [0, 0.05) is 18.0 Å². The van der Waals surface area contributed by atoms with Crippen molar-refractivity contribution in [3.05, 3.63) is 53.9 Å². The molecule has 0 aliphatic heterocycles. The van der Waals surface area contributed by atoms with Crippen LogP contribution in [0.5, 0.6) is 5.75 Å². The number of hydrogen-bond donors (Lipinski definition) is 1. The second-order valence-electron chi connectivity index (χ2n) is 3.68. The summed E-state index contributed by atoms with van der Waals surface area (Å²) in [4.78, 5) is 16.0. The van der Waals surface area contributed by atoms with Gasteiger partial charge in [-0.1, -0.05) is 6.07 Å². The fourth-order valence-corrected chi connectivity index (χ4v) is 1.56. The average Bonchev–Trinajstić information content (AvgIpc) is 2.38. The fourth-order valence-electron chi connectivity index (χ4n) is 1.56. The number of nitrogens with two attached hydrogens (primary N) is 1. The van der Waals surface area contributed by atoms with Crippen LogP contribution < -0.4 is 10.5 Å². The molecule has 0 saturated carbocycles. The van der Waals surface area contributed by atoms with Crippen LogP contribution in [-0.2, 0) is 0 Å². The van der Waals surface area contributed by atoms with Crippen molar-refractivity contribution in [3.63, 3.8) is 0 Å². The maximum absolute atomic E-state index is 12.3. The van der Waals surface area contributed by atoms with Crippen molar-refractivity contribution in [3.8, 4) is 5.75 Å². The van der Waals surface area contributed by atoms with Crippen molar-refractivity contribution in [1.82, 2.24) is 4.98 Å². The van der Waals surface area contributed by atoms with Crippen LogP contribution in [0.2, 0.25) is 0 Å². The molecule has 2 rings (SSSR count). The normalized spacial score (nSPS) is 10.5. The van der Waals surface area contributed by atoms with Crippen molar-refractivity contribution in [2.24, 2.45) is 0 Å². The predicted molar refractivity (Wildman–Crippen MR) is 65.2 cm³/mol. The van der Waals surface area contributed by atoms with Gasteiger partial charge in [-0.2, -0.15) is 8.78 Å². The van der Waals surface area contributed by atoms with Crippen molar-refractivity contribution in [1.29, 1.82) is 0 Å². The molecule has 98 valence electrons. The molecule has 0 bridgehead atoms. The van der Waals surface area contributed by atoms with Crippen LogP contribution in [0.25, 0.3) is 0 Å². The molecular weight excluding hydrogens is 254 g/mol. The lowest BCUT2D eigenvalue weighted by Gasteiger charge is -2.10. The van der Waals surface area contributed by atoms with Crippen LogP contribution in [0.3, 0.4) is 0 Å². The van der Waals surface area contributed by atoms with Gasteiger partial charge in [-0.05, 0) is 24.3 Å². The predicted octanol–water partition coefficient (Wildman–Crippen LogP) is 2.50. The summed E-state index contributed by atoms with van der Waals surface area (Å²) in [6, 6.07) is 8.73. The van der Waals surface area contributed by atoms with Gasteiger partial charge in [-0.25, -0.2) is 0 Å². The minimum Gasteiger partial charge on any atom is -0.434 e. The van der Waals surface area contributed by atoms with E-state index in [2.05, 4.69) is 9.72 Å². The third-order valence-corrected chi connectivity index (χ3v) is 2.36. The summed E-state index contributed by atoms with van der Waals surface area (Å²) in [6.45, 7) is -3.03. The molecule has 1 aromatic carbocycles. The number of ketones is 1. The first kappa shape index (κ1) is 12.9. The van der Waals surface area contributed by atoms with Gasteiger partial charge in [0.15, 0.2) is 0 Å². The molecule has 0 amide bonds. The second-order valence-corrected chi connectivity index (χ2v) is 3.68. The standard InChI is InChI=1S/C13H10F2N2O2/c14-13(15)19-11-7-8(16)4-5-9(11)12(18)10-3-1-2-6-17-10/h1-7,13H,16H2. The van der Waals surface area contributed by atoms with Gasteiger partial charge in [0.05, 0.1) is 5.56 Å². The molecule has 4 nitrogen and oxygen atoms in total. The van der Waals surface area contributed by atoms with E-state index in [9.17, 15) is 13.6 Å². The largest absolute Gasteiger partial charge is 0.434 e. The van der Waals surface area contributed by atoms with Crippen LogP contribution in [0.1, 0.15) is 16.1 Å². The number of anilines is 1. The monoisotopic (exact) mass is 264 g/mol. The number of benzene rings is 1. The Morgan fingerprint density at radius 2 is 2.05 bits per heavy atom. The molecule has 6 heteroatoms. The van der Waals surface area contributed by atoms with E-state index >= 15 is 0 Å². The van der Waals surface area contributed by atoms with E-state index in [0.29, 0.717) is 0 Å². The smallest absolute Gasteiger partial charge is 0.387 e. The highest BCUT2D eigenvalue weighted by molar-refractivity contribution is 6.09. The highest BCUT2D eigenvalue weighted by Gasteiger charge is 2.18. The number of nitrogen functional groups attached to an aromatic ring is 1. The lowest BCUT2D eigenvalue weighted by molar-refractivity contribution is -0.0500. The molecule has 0 atom stereocenters. The molecule has 0 aliphatic rings. The van der Waals surface area contributed by atoms with Gasteiger partial charge in [0.1, 0.15) is 11.4 Å². The number of carbonyl (C=O) groups is 1. The molecule has 0 unspecified atom stereocenters. The van der Waals surface area contributed by atoms with Gasteiger partial charge >= 0.3 is 6.61 Å². The van der Waals surface area contributed by atoms with Gasteiger partial charge in [-0.3, -0.25) is 9.78 Å². The molecule has 19 heavy (non-hydrogen) atoms. The van der Waals surface area contributed by atoms with E-state index < -0.39 is 12.4 Å². The third-order valence-electron chi connectivity index (χ3n) is 2.36. The van der Waals surface area contributed by atoms with Crippen LogP contribution in [-0.4, -0.2) is 17.4 Å².